The lowest BCUT2D eigenvalue weighted by molar-refractivity contribution is -0.131. The maximum Gasteiger partial charge on any atom is 0.246 e. The standard InChI is InChI=1S/C10H21NO4/c1-9(2,3)15-5-8(13)11-6-10(4,14)7-12/h12,14H,5-7H2,1-4H3,(H,11,13). The summed E-state index contributed by atoms with van der Waals surface area (Å²) in [5.41, 5.74) is -1.64. The largest absolute Gasteiger partial charge is 0.393 e. The molecule has 3 N–H and O–H groups in total. The van der Waals surface area contributed by atoms with Crippen molar-refractivity contribution < 1.29 is 19.7 Å². The van der Waals surface area contributed by atoms with Crippen LogP contribution in [0.15, 0.2) is 0 Å². The van der Waals surface area contributed by atoms with Gasteiger partial charge in [-0.25, -0.2) is 0 Å². The highest BCUT2D eigenvalue weighted by atomic mass is 16.5. The lowest BCUT2D eigenvalue weighted by Gasteiger charge is -2.22. The highest BCUT2D eigenvalue weighted by Crippen LogP contribution is 2.05. The molecule has 0 saturated carbocycles. The zero-order chi connectivity index (χ0) is 12.1. The molecule has 0 aliphatic carbocycles. The number of ether oxygens (including phenoxy) is 1. The van der Waals surface area contributed by atoms with E-state index < -0.39 is 12.2 Å². The van der Waals surface area contributed by atoms with Gasteiger partial charge in [0.05, 0.1) is 12.2 Å². The Morgan fingerprint density at radius 2 is 1.87 bits per heavy atom. The van der Waals surface area contributed by atoms with E-state index in [4.69, 9.17) is 9.84 Å². The molecule has 90 valence electrons. The number of aliphatic hydroxyl groups excluding tert-OH is 1. The smallest absolute Gasteiger partial charge is 0.246 e. The van der Waals surface area contributed by atoms with Gasteiger partial charge in [-0.2, -0.15) is 0 Å². The zero-order valence-corrected chi connectivity index (χ0v) is 9.83. The zero-order valence-electron chi connectivity index (χ0n) is 9.83. The Kier molecular flexibility index (Phi) is 5.20. The van der Waals surface area contributed by atoms with E-state index in [0.29, 0.717) is 0 Å². The maximum atomic E-state index is 11.2. The molecule has 15 heavy (non-hydrogen) atoms. The van der Waals surface area contributed by atoms with Crippen LogP contribution in [0.3, 0.4) is 0 Å². The molecule has 0 fully saturated rings. The summed E-state index contributed by atoms with van der Waals surface area (Å²) in [5, 5.41) is 20.6. The second-order valence-corrected chi connectivity index (χ2v) is 4.83. The minimum atomic E-state index is -1.28. The fourth-order valence-corrected chi connectivity index (χ4v) is 0.678. The van der Waals surface area contributed by atoms with E-state index in [1.165, 1.54) is 6.92 Å². The first-order valence-corrected chi connectivity index (χ1v) is 4.90. The third-order valence-electron chi connectivity index (χ3n) is 1.64. The minimum Gasteiger partial charge on any atom is -0.393 e. The molecule has 0 rings (SSSR count). The van der Waals surface area contributed by atoms with E-state index in [1.807, 2.05) is 20.8 Å². The average molecular weight is 219 g/mol. The third kappa shape index (κ3) is 8.35. The predicted molar refractivity (Wildman–Crippen MR) is 56.4 cm³/mol. The predicted octanol–water partition coefficient (Wildman–Crippen LogP) is -0.339. The summed E-state index contributed by atoms with van der Waals surface area (Å²) in [4.78, 5) is 11.2. The van der Waals surface area contributed by atoms with E-state index >= 15 is 0 Å². The monoisotopic (exact) mass is 219 g/mol. The van der Waals surface area contributed by atoms with Crippen LogP contribution in [-0.2, 0) is 9.53 Å². The quantitative estimate of drug-likeness (QED) is 0.591. The van der Waals surface area contributed by atoms with Gasteiger partial charge in [-0.15, -0.1) is 0 Å². The van der Waals surface area contributed by atoms with Crippen molar-refractivity contribution in [3.05, 3.63) is 0 Å². The first kappa shape index (κ1) is 14.3. The highest BCUT2D eigenvalue weighted by molar-refractivity contribution is 5.77. The molecule has 0 bridgehead atoms. The number of carbonyl (C=O) groups excluding carboxylic acids is 1. The number of rotatable bonds is 5. The van der Waals surface area contributed by atoms with Crippen molar-refractivity contribution in [2.45, 2.75) is 38.9 Å². The Bertz CT molecular complexity index is 208. The van der Waals surface area contributed by atoms with Crippen molar-refractivity contribution in [2.24, 2.45) is 0 Å². The van der Waals surface area contributed by atoms with Gasteiger partial charge in [-0.3, -0.25) is 4.79 Å². The third-order valence-corrected chi connectivity index (χ3v) is 1.64. The second-order valence-electron chi connectivity index (χ2n) is 4.83. The molecule has 1 atom stereocenters. The van der Waals surface area contributed by atoms with Crippen molar-refractivity contribution in [3.8, 4) is 0 Å². The Morgan fingerprint density at radius 1 is 1.33 bits per heavy atom. The van der Waals surface area contributed by atoms with Crippen molar-refractivity contribution in [1.29, 1.82) is 0 Å². The fourth-order valence-electron chi connectivity index (χ4n) is 0.678. The van der Waals surface area contributed by atoms with Crippen LogP contribution in [0.5, 0.6) is 0 Å². The van der Waals surface area contributed by atoms with Crippen LogP contribution in [0.1, 0.15) is 27.7 Å². The lowest BCUT2D eigenvalue weighted by atomic mass is 10.1. The van der Waals surface area contributed by atoms with Gasteiger partial charge in [-0.05, 0) is 27.7 Å². The molecular weight excluding hydrogens is 198 g/mol. The molecule has 0 aliphatic heterocycles. The van der Waals surface area contributed by atoms with Gasteiger partial charge in [0, 0.05) is 6.54 Å². The normalized spacial score (nSPS) is 15.9. The second kappa shape index (κ2) is 5.44. The highest BCUT2D eigenvalue weighted by Gasteiger charge is 2.20. The van der Waals surface area contributed by atoms with Gasteiger partial charge in [0.25, 0.3) is 0 Å². The first-order valence-electron chi connectivity index (χ1n) is 4.90. The molecule has 0 aromatic heterocycles. The number of hydrogen-bond donors (Lipinski definition) is 3. The molecule has 5 nitrogen and oxygen atoms in total. The van der Waals surface area contributed by atoms with Gasteiger partial charge >= 0.3 is 0 Å². The van der Waals surface area contributed by atoms with Gasteiger partial charge in [0.1, 0.15) is 12.2 Å². The van der Waals surface area contributed by atoms with Crippen molar-refractivity contribution in [2.75, 3.05) is 19.8 Å². The molecule has 0 radical (unpaired) electrons. The molecule has 0 heterocycles. The molecule has 0 saturated heterocycles. The van der Waals surface area contributed by atoms with Crippen molar-refractivity contribution in [3.63, 3.8) is 0 Å². The summed E-state index contributed by atoms with van der Waals surface area (Å²) in [7, 11) is 0. The molecule has 5 heteroatoms. The number of nitrogens with one attached hydrogen (secondary N) is 1. The van der Waals surface area contributed by atoms with Gasteiger partial charge in [0.2, 0.25) is 5.91 Å². The Hall–Kier alpha value is -0.650. The van der Waals surface area contributed by atoms with Gasteiger partial charge < -0.3 is 20.3 Å². The van der Waals surface area contributed by atoms with Crippen LogP contribution in [0.4, 0.5) is 0 Å². The molecule has 1 unspecified atom stereocenters. The fraction of sp³-hybridized carbons (Fsp3) is 0.900. The van der Waals surface area contributed by atoms with Crippen LogP contribution < -0.4 is 5.32 Å². The summed E-state index contributed by atoms with van der Waals surface area (Å²) in [6.45, 7) is 6.56. The average Bonchev–Trinajstić information content (AvgIpc) is 2.10. The Morgan fingerprint density at radius 3 is 2.27 bits per heavy atom. The summed E-state index contributed by atoms with van der Waals surface area (Å²) < 4.78 is 5.23. The first-order chi connectivity index (χ1) is 6.66. The molecule has 0 aromatic carbocycles. The molecule has 0 aromatic rings. The van der Waals surface area contributed by atoms with Crippen LogP contribution in [0.25, 0.3) is 0 Å². The van der Waals surface area contributed by atoms with Crippen LogP contribution in [0, 0.1) is 0 Å². The summed E-state index contributed by atoms with van der Waals surface area (Å²) in [6, 6.07) is 0. The number of aliphatic hydroxyl groups is 2. The molecular formula is C10H21NO4. The topological polar surface area (TPSA) is 78.8 Å². The van der Waals surface area contributed by atoms with Crippen molar-refractivity contribution >= 4 is 5.91 Å². The van der Waals surface area contributed by atoms with E-state index in [-0.39, 0.29) is 24.7 Å². The Balaban J connectivity index is 3.77. The summed E-state index contributed by atoms with van der Waals surface area (Å²) in [6.07, 6.45) is 0. The van der Waals surface area contributed by atoms with Crippen LogP contribution in [-0.4, -0.2) is 47.1 Å². The SMILES string of the molecule is CC(O)(CO)CNC(=O)COC(C)(C)C. The van der Waals surface area contributed by atoms with E-state index in [9.17, 15) is 9.90 Å². The maximum absolute atomic E-state index is 11.2. The van der Waals surface area contributed by atoms with Crippen LogP contribution >= 0.6 is 0 Å². The summed E-state index contributed by atoms with van der Waals surface area (Å²) in [5.74, 6) is -0.307. The van der Waals surface area contributed by atoms with Crippen molar-refractivity contribution in [1.82, 2.24) is 5.32 Å². The number of carbonyl (C=O) groups is 1. The Labute approximate surface area is 90.4 Å². The lowest BCUT2D eigenvalue weighted by Crippen LogP contribution is -2.44. The van der Waals surface area contributed by atoms with E-state index in [2.05, 4.69) is 5.32 Å². The minimum absolute atomic E-state index is 0.00976. The molecule has 1 amide bonds. The summed E-state index contributed by atoms with van der Waals surface area (Å²) >= 11 is 0. The van der Waals surface area contributed by atoms with E-state index in [0.717, 1.165) is 0 Å². The molecule has 0 aliphatic rings. The number of hydrogen-bond acceptors (Lipinski definition) is 4. The van der Waals surface area contributed by atoms with Gasteiger partial charge in [0.15, 0.2) is 0 Å². The van der Waals surface area contributed by atoms with E-state index in [1.54, 1.807) is 0 Å². The number of amides is 1. The van der Waals surface area contributed by atoms with Gasteiger partial charge in [-0.1, -0.05) is 0 Å². The van der Waals surface area contributed by atoms with Crippen LogP contribution in [0.2, 0.25) is 0 Å². The molecule has 0 spiro atoms.